The lowest BCUT2D eigenvalue weighted by Gasteiger charge is -1.71. The monoisotopic (exact) mass is 166 g/mol. The lowest BCUT2D eigenvalue weighted by Crippen LogP contribution is -2.07. The van der Waals surface area contributed by atoms with Gasteiger partial charge in [0.2, 0.25) is 10.0 Å². The van der Waals surface area contributed by atoms with E-state index in [9.17, 15) is 13.2 Å². The summed E-state index contributed by atoms with van der Waals surface area (Å²) in [5.74, 6) is 0.199. The largest absolute Gasteiger partial charge is 0.321 e. The van der Waals surface area contributed by atoms with Crippen LogP contribution in [0.15, 0.2) is 0 Å². The molecule has 0 amide bonds. The Labute approximate surface area is 59.4 Å². The van der Waals surface area contributed by atoms with Gasteiger partial charge in [-0.1, -0.05) is 0 Å². The molecule has 1 atom stereocenters. The molecule has 0 aliphatic heterocycles. The van der Waals surface area contributed by atoms with E-state index in [4.69, 9.17) is 5.73 Å². The van der Waals surface area contributed by atoms with Gasteiger partial charge in [0.25, 0.3) is 0 Å². The van der Waals surface area contributed by atoms with Crippen LogP contribution in [0.3, 0.4) is 0 Å². The Kier molecular flexibility index (Phi) is 2.95. The molecule has 0 spiro atoms. The van der Waals surface area contributed by atoms with Gasteiger partial charge in [0.05, 0.1) is 12.3 Å². The zero-order chi connectivity index (χ0) is 8.36. The van der Waals surface area contributed by atoms with E-state index in [0.717, 1.165) is 6.26 Å². The van der Waals surface area contributed by atoms with Crippen molar-refractivity contribution in [2.24, 2.45) is 10.9 Å². The fourth-order valence-electron chi connectivity index (χ4n) is 0.158. The van der Waals surface area contributed by atoms with Crippen LogP contribution in [-0.2, 0) is 14.8 Å². The van der Waals surface area contributed by atoms with Gasteiger partial charge >= 0.3 is 0 Å². The van der Waals surface area contributed by atoms with Crippen LogP contribution in [0.2, 0.25) is 0 Å². The summed E-state index contributed by atoms with van der Waals surface area (Å²) in [6.07, 6.45) is 1.55. The van der Waals surface area contributed by atoms with Gasteiger partial charge < -0.3 is 5.73 Å². The number of sulfonamides is 1. The topological polar surface area (TPSA) is 103 Å². The van der Waals surface area contributed by atoms with Gasteiger partial charge in [-0.2, -0.15) is 0 Å². The van der Waals surface area contributed by atoms with Crippen LogP contribution in [0.5, 0.6) is 0 Å². The smallest absolute Gasteiger partial charge is 0.206 e. The normalized spacial score (nSPS) is 23.1. The first-order valence-corrected chi connectivity index (χ1v) is 4.52. The zero-order valence-electron chi connectivity index (χ0n) is 5.57. The number of carbonyl (C=O) groups is 1. The van der Waals surface area contributed by atoms with Crippen molar-refractivity contribution in [1.82, 2.24) is 0 Å². The maximum absolute atomic E-state index is 9.76. The van der Waals surface area contributed by atoms with E-state index in [2.05, 4.69) is 5.14 Å². The molecule has 0 bridgehead atoms. The summed E-state index contributed by atoms with van der Waals surface area (Å²) >= 11 is 0. The predicted octanol–water partition coefficient (Wildman–Crippen LogP) is -1.81. The van der Waals surface area contributed by atoms with Crippen LogP contribution < -0.4 is 10.9 Å². The second-order valence-corrected chi connectivity index (χ2v) is 3.77. The molecule has 1 rings (SSSR count). The molecule has 0 aromatic heterocycles. The standard InChI is InChI=1S/C3H5NO.CH5NO2S/c4-2-1-3(2)5;1-5(2,3)4/h2H,1,4H2;1H3,(H2,2,3,4). The third kappa shape index (κ3) is 10.5. The summed E-state index contributed by atoms with van der Waals surface area (Å²) in [5.41, 5.74) is 5.02. The van der Waals surface area contributed by atoms with Crippen molar-refractivity contribution in [2.75, 3.05) is 6.26 Å². The molecule has 1 saturated carbocycles. The molecular formula is C4H10N2O3S. The number of hydrogen-bond acceptors (Lipinski definition) is 4. The summed E-state index contributed by atoms with van der Waals surface area (Å²) < 4.78 is 18.8. The van der Waals surface area contributed by atoms with E-state index in [1.54, 1.807) is 0 Å². The highest BCUT2D eigenvalue weighted by Crippen LogP contribution is 2.07. The minimum absolute atomic E-state index is 0.0880. The quantitative estimate of drug-likeness (QED) is 0.442. The van der Waals surface area contributed by atoms with Gasteiger partial charge in [-0.05, 0) is 0 Å². The number of nitrogens with two attached hydrogens (primary N) is 2. The van der Waals surface area contributed by atoms with Crippen LogP contribution in [-0.4, -0.2) is 26.5 Å². The van der Waals surface area contributed by atoms with E-state index < -0.39 is 10.0 Å². The average molecular weight is 166 g/mol. The third-order valence-corrected chi connectivity index (χ3v) is 0.675. The molecule has 6 heteroatoms. The number of primary sulfonamides is 1. The second-order valence-electron chi connectivity index (χ2n) is 2.11. The summed E-state index contributed by atoms with van der Waals surface area (Å²) in [6, 6.07) is -0.0880. The van der Waals surface area contributed by atoms with Crippen molar-refractivity contribution < 1.29 is 13.2 Å². The Hall–Kier alpha value is -0.460. The maximum Gasteiger partial charge on any atom is 0.206 e. The zero-order valence-corrected chi connectivity index (χ0v) is 6.39. The van der Waals surface area contributed by atoms with E-state index in [0.29, 0.717) is 6.42 Å². The minimum Gasteiger partial charge on any atom is -0.321 e. The lowest BCUT2D eigenvalue weighted by molar-refractivity contribution is -0.110. The Bertz CT molecular complexity index is 213. The second kappa shape index (κ2) is 3.09. The summed E-state index contributed by atoms with van der Waals surface area (Å²) in [6.45, 7) is 0. The molecule has 0 radical (unpaired) electrons. The van der Waals surface area contributed by atoms with Gasteiger partial charge in [0.1, 0.15) is 0 Å². The summed E-state index contributed by atoms with van der Waals surface area (Å²) in [5, 5.41) is 4.33. The summed E-state index contributed by atoms with van der Waals surface area (Å²) in [4.78, 5) is 9.76. The molecule has 4 N–H and O–H groups in total. The molecule has 1 aliphatic rings. The van der Waals surface area contributed by atoms with Crippen molar-refractivity contribution in [3.63, 3.8) is 0 Å². The van der Waals surface area contributed by atoms with E-state index in [-0.39, 0.29) is 11.8 Å². The van der Waals surface area contributed by atoms with Crippen LogP contribution in [0.1, 0.15) is 6.42 Å². The van der Waals surface area contributed by atoms with E-state index in [1.165, 1.54) is 0 Å². The Morgan fingerprint density at radius 3 is 1.70 bits per heavy atom. The van der Waals surface area contributed by atoms with Crippen LogP contribution in [0, 0.1) is 0 Å². The van der Waals surface area contributed by atoms with Crippen LogP contribution >= 0.6 is 0 Å². The number of carbonyl (C=O) groups excluding carboxylic acids is 1. The van der Waals surface area contributed by atoms with E-state index in [1.807, 2.05) is 0 Å². The lowest BCUT2D eigenvalue weighted by atomic mass is 10.8. The number of Topliss-reactive ketones (excluding diaryl/α,β-unsaturated/α-hetero) is 1. The molecule has 1 fully saturated rings. The van der Waals surface area contributed by atoms with Crippen molar-refractivity contribution >= 4 is 15.8 Å². The highest BCUT2D eigenvalue weighted by atomic mass is 32.2. The molecule has 0 aromatic rings. The van der Waals surface area contributed by atoms with Gasteiger partial charge in [-0.15, -0.1) is 0 Å². The fourth-order valence-corrected chi connectivity index (χ4v) is 0.158. The van der Waals surface area contributed by atoms with Crippen LogP contribution in [0.4, 0.5) is 0 Å². The third-order valence-electron chi connectivity index (χ3n) is 0.675. The Morgan fingerprint density at radius 2 is 1.70 bits per heavy atom. The molecule has 60 valence electrons. The molecule has 5 nitrogen and oxygen atoms in total. The molecule has 0 saturated heterocycles. The van der Waals surface area contributed by atoms with E-state index >= 15 is 0 Å². The number of rotatable bonds is 0. The van der Waals surface area contributed by atoms with Crippen molar-refractivity contribution in [2.45, 2.75) is 12.5 Å². The van der Waals surface area contributed by atoms with Gasteiger partial charge in [0, 0.05) is 6.42 Å². The molecule has 10 heavy (non-hydrogen) atoms. The first-order chi connectivity index (χ1) is 4.30. The fraction of sp³-hybridized carbons (Fsp3) is 0.750. The van der Waals surface area contributed by atoms with Crippen molar-refractivity contribution in [1.29, 1.82) is 0 Å². The van der Waals surface area contributed by atoms with Gasteiger partial charge in [-0.25, -0.2) is 13.6 Å². The number of ketones is 1. The highest BCUT2D eigenvalue weighted by molar-refractivity contribution is 7.88. The van der Waals surface area contributed by atoms with Gasteiger partial charge in [0.15, 0.2) is 5.78 Å². The first kappa shape index (κ1) is 9.54. The molecule has 1 aliphatic carbocycles. The molecule has 0 aromatic carbocycles. The molecule has 0 heterocycles. The highest BCUT2D eigenvalue weighted by Gasteiger charge is 2.29. The predicted molar refractivity (Wildman–Crippen MR) is 36.6 cm³/mol. The molecule has 1 unspecified atom stereocenters. The van der Waals surface area contributed by atoms with Gasteiger partial charge in [-0.3, -0.25) is 4.79 Å². The van der Waals surface area contributed by atoms with Crippen molar-refractivity contribution in [3.8, 4) is 0 Å². The Morgan fingerprint density at radius 1 is 1.60 bits per heavy atom. The number of hydrogen-bond donors (Lipinski definition) is 2. The Balaban J connectivity index is 0.000000162. The maximum atomic E-state index is 9.76. The van der Waals surface area contributed by atoms with Crippen LogP contribution in [0.25, 0.3) is 0 Å². The van der Waals surface area contributed by atoms with Crippen molar-refractivity contribution in [3.05, 3.63) is 0 Å². The first-order valence-electron chi connectivity index (χ1n) is 2.57. The SMILES string of the molecule is CS(N)(=O)=O.NC1CC1=O. The summed E-state index contributed by atoms with van der Waals surface area (Å²) in [7, 11) is -3.17. The minimum atomic E-state index is -3.17. The molecular weight excluding hydrogens is 156 g/mol. The average Bonchev–Trinajstić information content (AvgIpc) is 2.12.